The smallest absolute Gasteiger partial charge is 0.202 e. The highest BCUT2D eigenvalue weighted by Gasteiger charge is 2.26. The number of Topliss-reactive ketones (excluding diaryl/α,β-unsaturated/α-hetero) is 1. The van der Waals surface area contributed by atoms with Crippen LogP contribution in [0.25, 0.3) is 0 Å². The Morgan fingerprint density at radius 2 is 1.83 bits per heavy atom. The minimum atomic E-state index is -0.312. The fourth-order valence-corrected chi connectivity index (χ4v) is 2.46. The molecule has 0 atom stereocenters. The molecule has 0 aliphatic heterocycles. The lowest BCUT2D eigenvalue weighted by Gasteiger charge is -2.23. The number of aryl methyl sites for hydroxylation is 2. The van der Waals surface area contributed by atoms with Crippen molar-refractivity contribution in [2.45, 2.75) is 20.3 Å². The van der Waals surface area contributed by atoms with Gasteiger partial charge in [0.05, 0.1) is 30.1 Å². The predicted molar refractivity (Wildman–Crippen MR) is 87.1 cm³/mol. The molecular weight excluding hydrogens is 296 g/mol. The average Bonchev–Trinajstić information content (AvgIpc) is 2.48. The monoisotopic (exact) mass is 316 g/mol. The average molecular weight is 316 g/mol. The van der Waals surface area contributed by atoms with Gasteiger partial charge in [-0.2, -0.15) is 0 Å². The molecule has 1 aromatic rings. The summed E-state index contributed by atoms with van der Waals surface area (Å²) < 4.78 is 0. The van der Waals surface area contributed by atoms with Gasteiger partial charge in [-0.1, -0.05) is 0 Å². The number of benzene rings is 1. The zero-order valence-electron chi connectivity index (χ0n) is 13.5. The Kier molecular flexibility index (Phi) is 4.95. The Morgan fingerprint density at radius 3 is 2.39 bits per heavy atom. The molecule has 0 radical (unpaired) electrons. The van der Waals surface area contributed by atoms with E-state index in [-0.39, 0.29) is 42.6 Å². The van der Waals surface area contributed by atoms with Crippen molar-refractivity contribution in [1.29, 1.82) is 0 Å². The number of nitrogens with zero attached hydrogens (tertiary/aromatic N) is 2. The number of rotatable bonds is 4. The van der Waals surface area contributed by atoms with Crippen molar-refractivity contribution in [3.63, 3.8) is 0 Å². The second-order valence-corrected chi connectivity index (χ2v) is 5.63. The van der Waals surface area contributed by atoms with Crippen molar-refractivity contribution in [2.75, 3.05) is 20.2 Å². The van der Waals surface area contributed by atoms with E-state index in [1.807, 2.05) is 0 Å². The van der Waals surface area contributed by atoms with Crippen LogP contribution in [-0.2, 0) is 9.59 Å². The molecule has 1 aliphatic rings. The minimum absolute atomic E-state index is 0.0700. The molecule has 0 bridgehead atoms. The number of phenolic OH excluding ortho intramolecular Hbond substituents is 1. The molecule has 23 heavy (non-hydrogen) atoms. The van der Waals surface area contributed by atoms with E-state index in [0.29, 0.717) is 22.5 Å². The number of allylic oxidation sites excluding steroid dienone is 2. The summed E-state index contributed by atoms with van der Waals surface area (Å²) in [5.74, 6) is -0.313. The number of carbonyl (C=O) groups excluding carboxylic acids is 2. The second kappa shape index (κ2) is 6.75. The zero-order valence-corrected chi connectivity index (χ0v) is 13.5. The molecule has 6 heteroatoms. The number of hydrogen-bond acceptors (Lipinski definition) is 6. The fraction of sp³-hybridized carbons (Fsp3) is 0.353. The lowest BCUT2D eigenvalue weighted by molar-refractivity contribution is -0.118. The lowest BCUT2D eigenvalue weighted by Crippen LogP contribution is -2.33. The number of phenols is 1. The van der Waals surface area contributed by atoms with Crippen molar-refractivity contribution in [3.05, 3.63) is 35.0 Å². The maximum atomic E-state index is 12.2. The van der Waals surface area contributed by atoms with Crippen molar-refractivity contribution < 1.29 is 19.8 Å². The third kappa shape index (κ3) is 3.65. The summed E-state index contributed by atoms with van der Waals surface area (Å²) >= 11 is 0. The molecule has 2 N–H and O–H groups in total. The SMILES string of the molecule is Cc1cc(N=C2CC(=O)C(N(C)CCO)=CC2=O)cc(C)c1O. The number of aromatic hydroxyl groups is 1. The van der Waals surface area contributed by atoms with Crippen LogP contribution in [0.15, 0.2) is 28.9 Å². The third-order valence-electron chi connectivity index (χ3n) is 3.75. The van der Waals surface area contributed by atoms with Crippen LogP contribution in [-0.4, -0.2) is 52.6 Å². The van der Waals surface area contributed by atoms with Crippen LogP contribution in [0.1, 0.15) is 17.5 Å². The molecule has 0 aromatic heterocycles. The molecule has 122 valence electrons. The first kappa shape index (κ1) is 16.9. The molecule has 0 heterocycles. The standard InChI is InChI=1S/C17H20N2O4/c1-10-6-12(7-11(2)17(10)23)18-13-8-16(22)14(9-15(13)21)19(3)4-5-20/h6-7,9,20,23H,4-5,8H2,1-3H3. The van der Waals surface area contributed by atoms with E-state index < -0.39 is 0 Å². The van der Waals surface area contributed by atoms with E-state index in [4.69, 9.17) is 5.11 Å². The van der Waals surface area contributed by atoms with E-state index in [1.165, 1.54) is 6.08 Å². The highest BCUT2D eigenvalue weighted by molar-refractivity contribution is 6.50. The van der Waals surface area contributed by atoms with Gasteiger partial charge in [0.2, 0.25) is 5.78 Å². The van der Waals surface area contributed by atoms with Gasteiger partial charge < -0.3 is 15.1 Å². The summed E-state index contributed by atoms with van der Waals surface area (Å²) in [7, 11) is 1.65. The molecule has 0 fully saturated rings. The Balaban J connectivity index is 2.33. The van der Waals surface area contributed by atoms with Crippen molar-refractivity contribution in [1.82, 2.24) is 4.90 Å². The Hall–Kier alpha value is -2.47. The van der Waals surface area contributed by atoms with Gasteiger partial charge in [-0.05, 0) is 37.1 Å². The van der Waals surface area contributed by atoms with Gasteiger partial charge in [0.25, 0.3) is 0 Å². The highest BCUT2D eigenvalue weighted by Crippen LogP contribution is 2.28. The maximum absolute atomic E-state index is 12.2. The van der Waals surface area contributed by atoms with Gasteiger partial charge in [-0.25, -0.2) is 4.99 Å². The first-order chi connectivity index (χ1) is 10.8. The van der Waals surface area contributed by atoms with Gasteiger partial charge in [-0.15, -0.1) is 0 Å². The van der Waals surface area contributed by atoms with Crippen LogP contribution in [0.5, 0.6) is 5.75 Å². The number of aliphatic imine (C=N–C) groups is 1. The first-order valence-corrected chi connectivity index (χ1v) is 7.32. The van der Waals surface area contributed by atoms with Crippen LogP contribution < -0.4 is 0 Å². The topological polar surface area (TPSA) is 90.2 Å². The number of aliphatic hydroxyl groups is 1. The van der Waals surface area contributed by atoms with Crippen LogP contribution in [0, 0.1) is 13.8 Å². The van der Waals surface area contributed by atoms with E-state index in [0.717, 1.165) is 0 Å². The molecule has 1 aliphatic carbocycles. The van der Waals surface area contributed by atoms with Crippen molar-refractivity contribution >= 4 is 23.0 Å². The summed E-state index contributed by atoms with van der Waals surface area (Å²) in [4.78, 5) is 30.2. The summed E-state index contributed by atoms with van der Waals surface area (Å²) in [6.07, 6.45) is 1.19. The van der Waals surface area contributed by atoms with Gasteiger partial charge >= 0.3 is 0 Å². The zero-order chi connectivity index (χ0) is 17.1. The highest BCUT2D eigenvalue weighted by atomic mass is 16.3. The Bertz CT molecular complexity index is 696. The number of likely N-dealkylation sites (N-methyl/N-ethyl adjacent to an activating group) is 1. The normalized spacial score (nSPS) is 16.7. The Morgan fingerprint density at radius 1 is 1.22 bits per heavy atom. The van der Waals surface area contributed by atoms with Crippen molar-refractivity contribution in [3.8, 4) is 5.75 Å². The third-order valence-corrected chi connectivity index (χ3v) is 3.75. The van der Waals surface area contributed by atoms with Crippen LogP contribution in [0.2, 0.25) is 0 Å². The van der Waals surface area contributed by atoms with E-state index in [2.05, 4.69) is 4.99 Å². The summed E-state index contributed by atoms with van der Waals surface area (Å²) in [6, 6.07) is 3.34. The molecule has 0 unspecified atom stereocenters. The summed E-state index contributed by atoms with van der Waals surface area (Å²) in [5.41, 5.74) is 2.34. The largest absolute Gasteiger partial charge is 0.507 e. The second-order valence-electron chi connectivity index (χ2n) is 5.63. The molecule has 0 saturated heterocycles. The van der Waals surface area contributed by atoms with E-state index >= 15 is 0 Å². The molecular formula is C17H20N2O4. The molecule has 1 aromatic carbocycles. The predicted octanol–water partition coefficient (Wildman–Crippen LogP) is 1.43. The number of ketones is 2. The lowest BCUT2D eigenvalue weighted by atomic mass is 9.98. The molecule has 6 nitrogen and oxygen atoms in total. The number of hydrogen-bond donors (Lipinski definition) is 2. The van der Waals surface area contributed by atoms with Gasteiger partial charge in [0.15, 0.2) is 5.78 Å². The van der Waals surface area contributed by atoms with Gasteiger partial charge in [0, 0.05) is 19.7 Å². The molecule has 2 rings (SSSR count). The molecule has 0 spiro atoms. The van der Waals surface area contributed by atoms with Crippen LogP contribution in [0.3, 0.4) is 0 Å². The Labute approximate surface area is 134 Å². The summed E-state index contributed by atoms with van der Waals surface area (Å²) in [5, 5.41) is 18.7. The number of carbonyl (C=O) groups is 2. The number of aliphatic hydroxyl groups excluding tert-OH is 1. The molecule has 0 amide bonds. The summed E-state index contributed by atoms with van der Waals surface area (Å²) in [6.45, 7) is 3.69. The molecule has 0 saturated carbocycles. The van der Waals surface area contributed by atoms with Crippen molar-refractivity contribution in [2.24, 2.45) is 4.99 Å². The van der Waals surface area contributed by atoms with E-state index in [1.54, 1.807) is 37.9 Å². The van der Waals surface area contributed by atoms with Crippen LogP contribution >= 0.6 is 0 Å². The van der Waals surface area contributed by atoms with Gasteiger partial charge in [-0.3, -0.25) is 9.59 Å². The van der Waals surface area contributed by atoms with Crippen LogP contribution in [0.4, 0.5) is 5.69 Å². The maximum Gasteiger partial charge on any atom is 0.202 e. The van der Waals surface area contributed by atoms with E-state index in [9.17, 15) is 14.7 Å². The van der Waals surface area contributed by atoms with Gasteiger partial charge in [0.1, 0.15) is 5.75 Å². The fourth-order valence-electron chi connectivity index (χ4n) is 2.46. The first-order valence-electron chi connectivity index (χ1n) is 7.32. The quantitative estimate of drug-likeness (QED) is 0.877. The minimum Gasteiger partial charge on any atom is -0.507 e.